The minimum Gasteiger partial charge on any atom is -0.467 e. The molecule has 1 heterocycles. The van der Waals surface area contributed by atoms with E-state index in [2.05, 4.69) is 50.4 Å². The third-order valence-electron chi connectivity index (χ3n) is 16.8. The van der Waals surface area contributed by atoms with Gasteiger partial charge in [-0.2, -0.15) is 0 Å². The number of benzene rings is 3. The number of hydrogen-bond donors (Lipinski definition) is 4. The molecule has 10 atom stereocenters. The van der Waals surface area contributed by atoms with Crippen LogP contribution in [-0.4, -0.2) is 197 Å². The number of ether oxygens (including phenoxy) is 5. The Bertz CT molecular complexity index is 2590. The standard InChI is InChI=1S/C68H104N8O13/c1-14-48(6)62(56(85-11)43-59(79)76-36-25-32-55(76)63(86-12)49(7)64(80)71-54(68(84)87-13)42-51-26-18-15-19-27-51)74(10)67(83)60(46(2)3)72-66(82)61(47(4)5)73(9)58(78)33-24-35-69-65(81)50(8)70-57(77)34-38-88-40-41-89-39-37-75(44-52-28-20-16-21-29-52)45-53-30-22-17-23-31-53/h15-23,26-31,46-50,54-56,60-63H,14,24-25,32-45H2,1-13H3,(H,69,81)(H,70,77)(H,71,80)(H,72,82)/t48-,49+,50?,54-,55-,56+,60-,61?,62-,63+/m0/s1. The monoisotopic (exact) mass is 1240 g/mol. The minimum absolute atomic E-state index is 0.0169. The first-order valence-corrected chi connectivity index (χ1v) is 31.7. The van der Waals surface area contributed by atoms with Crippen LogP contribution >= 0.6 is 0 Å². The molecule has 7 amide bonds. The zero-order valence-electron chi connectivity index (χ0n) is 55.2. The van der Waals surface area contributed by atoms with Crippen molar-refractivity contribution in [3.05, 3.63) is 108 Å². The summed E-state index contributed by atoms with van der Waals surface area (Å²) in [4.78, 5) is 117. The van der Waals surface area contributed by atoms with Gasteiger partial charge in [0.2, 0.25) is 41.4 Å². The summed E-state index contributed by atoms with van der Waals surface area (Å²) in [5.41, 5.74) is 3.30. The van der Waals surface area contributed by atoms with Gasteiger partial charge in [-0.25, -0.2) is 4.79 Å². The van der Waals surface area contributed by atoms with Gasteiger partial charge < -0.3 is 59.7 Å². The molecule has 494 valence electrons. The van der Waals surface area contributed by atoms with Gasteiger partial charge >= 0.3 is 5.97 Å². The third kappa shape index (κ3) is 24.2. The van der Waals surface area contributed by atoms with E-state index in [0.29, 0.717) is 45.6 Å². The summed E-state index contributed by atoms with van der Waals surface area (Å²) >= 11 is 0. The van der Waals surface area contributed by atoms with Crippen molar-refractivity contribution in [3.63, 3.8) is 0 Å². The average molecular weight is 1240 g/mol. The lowest BCUT2D eigenvalue weighted by Gasteiger charge is -2.41. The summed E-state index contributed by atoms with van der Waals surface area (Å²) < 4.78 is 28.6. The number of esters is 1. The number of nitrogens with zero attached hydrogens (tertiary/aromatic N) is 4. The second kappa shape index (κ2) is 39.4. The van der Waals surface area contributed by atoms with Crippen LogP contribution in [0.5, 0.6) is 0 Å². The highest BCUT2D eigenvalue weighted by Crippen LogP contribution is 2.30. The van der Waals surface area contributed by atoms with Crippen LogP contribution in [0.2, 0.25) is 0 Å². The SMILES string of the molecule is CC[C@H](C)[C@@H]([C@@H](CC(=O)N1CCC[C@H]1[C@H](OC)[C@@H](C)C(=O)N[C@@H](Cc1ccccc1)C(=O)OC)OC)N(C)C(=O)[C@@H](NC(=O)C(C(C)C)N(C)C(=O)CCCNC(=O)C(C)NC(=O)CCOCCOCCN(Cc1ccccc1)Cc1ccccc1)C(C)C. The van der Waals surface area contributed by atoms with Gasteiger partial charge in [-0.05, 0) is 60.6 Å². The molecule has 0 aliphatic carbocycles. The fraction of sp³-hybridized carbons (Fsp3) is 0.618. The van der Waals surface area contributed by atoms with Gasteiger partial charge in [-0.15, -0.1) is 0 Å². The first kappa shape index (κ1) is 74.7. The zero-order valence-corrected chi connectivity index (χ0v) is 55.2. The van der Waals surface area contributed by atoms with Gasteiger partial charge in [-0.3, -0.25) is 38.5 Å². The highest BCUT2D eigenvalue weighted by atomic mass is 16.5. The van der Waals surface area contributed by atoms with Gasteiger partial charge in [0.25, 0.3) is 0 Å². The maximum absolute atomic E-state index is 14.8. The zero-order chi connectivity index (χ0) is 65.6. The summed E-state index contributed by atoms with van der Waals surface area (Å²) in [5, 5.41) is 11.3. The van der Waals surface area contributed by atoms with E-state index in [1.807, 2.05) is 108 Å². The largest absolute Gasteiger partial charge is 0.467 e. The Morgan fingerprint density at radius 2 is 1.24 bits per heavy atom. The summed E-state index contributed by atoms with van der Waals surface area (Å²) in [6, 6.07) is 25.2. The molecule has 0 saturated carbocycles. The normalized spacial score (nSPS) is 16.3. The van der Waals surface area contributed by atoms with Crippen molar-refractivity contribution < 1.29 is 62.0 Å². The van der Waals surface area contributed by atoms with Gasteiger partial charge in [0, 0.05) is 80.3 Å². The molecule has 4 rings (SSSR count). The van der Waals surface area contributed by atoms with E-state index in [0.717, 1.165) is 25.2 Å². The Labute approximate surface area is 529 Å². The van der Waals surface area contributed by atoms with E-state index in [9.17, 15) is 38.4 Å². The Morgan fingerprint density at radius 3 is 1.78 bits per heavy atom. The lowest BCUT2D eigenvalue weighted by Crippen LogP contribution is -2.60. The van der Waals surface area contributed by atoms with Gasteiger partial charge in [0.1, 0.15) is 24.2 Å². The number of hydrogen-bond acceptors (Lipinski definition) is 14. The molecule has 1 aliphatic heterocycles. The maximum atomic E-state index is 14.8. The second-order valence-electron chi connectivity index (χ2n) is 24.1. The lowest BCUT2D eigenvalue weighted by atomic mass is 9.89. The lowest BCUT2D eigenvalue weighted by molar-refractivity contribution is -0.149. The Kier molecular flexibility index (Phi) is 33.0. The molecule has 21 nitrogen and oxygen atoms in total. The predicted octanol–water partition coefficient (Wildman–Crippen LogP) is 5.96. The molecular formula is C68H104N8O13. The quantitative estimate of drug-likeness (QED) is 0.0380. The smallest absolute Gasteiger partial charge is 0.328 e. The van der Waals surface area contributed by atoms with E-state index in [4.69, 9.17) is 23.7 Å². The number of carbonyl (C=O) groups is 8. The van der Waals surface area contributed by atoms with E-state index in [-0.39, 0.29) is 86.6 Å². The summed E-state index contributed by atoms with van der Waals surface area (Å²) in [6.45, 7) is 18.9. The van der Waals surface area contributed by atoms with E-state index in [1.165, 1.54) is 37.4 Å². The van der Waals surface area contributed by atoms with Crippen molar-refractivity contribution in [3.8, 4) is 0 Å². The highest BCUT2D eigenvalue weighted by Gasteiger charge is 2.44. The van der Waals surface area contributed by atoms with Crippen LogP contribution < -0.4 is 21.3 Å². The van der Waals surface area contributed by atoms with E-state index in [1.54, 1.807) is 37.7 Å². The first-order chi connectivity index (χ1) is 42.6. The summed E-state index contributed by atoms with van der Waals surface area (Å²) in [7, 11) is 7.49. The van der Waals surface area contributed by atoms with Gasteiger partial charge in [-0.1, -0.05) is 146 Å². The Balaban J connectivity index is 1.24. The van der Waals surface area contributed by atoms with Crippen LogP contribution in [0, 0.1) is 23.7 Å². The van der Waals surface area contributed by atoms with Crippen LogP contribution in [-0.2, 0) is 81.6 Å². The number of likely N-dealkylation sites (tertiary alicyclic amines) is 1. The molecule has 21 heteroatoms. The summed E-state index contributed by atoms with van der Waals surface area (Å²) in [5.74, 6) is -4.84. The van der Waals surface area contributed by atoms with Crippen LogP contribution in [0.4, 0.5) is 0 Å². The third-order valence-corrected chi connectivity index (χ3v) is 16.8. The number of likely N-dealkylation sites (N-methyl/N-ethyl adjacent to an activating group) is 2. The fourth-order valence-corrected chi connectivity index (χ4v) is 11.6. The Hall–Kier alpha value is -6.78. The number of methoxy groups -OCH3 is 3. The fourth-order valence-electron chi connectivity index (χ4n) is 11.6. The van der Waals surface area contributed by atoms with Crippen molar-refractivity contribution in [1.82, 2.24) is 40.9 Å². The van der Waals surface area contributed by atoms with Gasteiger partial charge in [0.15, 0.2) is 0 Å². The van der Waals surface area contributed by atoms with Crippen LogP contribution in [0.1, 0.15) is 117 Å². The topological polar surface area (TPSA) is 244 Å². The van der Waals surface area contributed by atoms with Crippen molar-refractivity contribution in [2.75, 3.05) is 81.5 Å². The molecular weight excluding hydrogens is 1140 g/mol. The van der Waals surface area contributed by atoms with Gasteiger partial charge in [0.05, 0.1) is 70.2 Å². The molecule has 2 unspecified atom stereocenters. The highest BCUT2D eigenvalue weighted by molar-refractivity contribution is 5.93. The number of nitrogens with one attached hydrogen (secondary N) is 4. The first-order valence-electron chi connectivity index (χ1n) is 31.7. The summed E-state index contributed by atoms with van der Waals surface area (Å²) in [6.07, 6.45) is 0.905. The van der Waals surface area contributed by atoms with Crippen molar-refractivity contribution >= 4 is 47.3 Å². The number of amides is 7. The average Bonchev–Trinajstić information content (AvgIpc) is 2.23. The molecule has 1 aliphatic rings. The van der Waals surface area contributed by atoms with Crippen LogP contribution in [0.25, 0.3) is 0 Å². The number of rotatable bonds is 40. The van der Waals surface area contributed by atoms with Crippen molar-refractivity contribution in [1.29, 1.82) is 0 Å². The molecule has 0 aromatic heterocycles. The molecule has 0 radical (unpaired) electrons. The van der Waals surface area contributed by atoms with E-state index < -0.39 is 78.1 Å². The molecule has 0 spiro atoms. The Morgan fingerprint density at radius 1 is 0.652 bits per heavy atom. The molecule has 89 heavy (non-hydrogen) atoms. The van der Waals surface area contributed by atoms with E-state index >= 15 is 0 Å². The maximum Gasteiger partial charge on any atom is 0.328 e. The second-order valence-corrected chi connectivity index (χ2v) is 24.1. The molecule has 1 fully saturated rings. The van der Waals surface area contributed by atoms with Crippen molar-refractivity contribution in [2.24, 2.45) is 23.7 Å². The molecule has 3 aromatic rings. The number of carbonyl (C=O) groups excluding carboxylic acids is 8. The minimum atomic E-state index is -1.00. The molecule has 4 N–H and O–H groups in total. The predicted molar refractivity (Wildman–Crippen MR) is 341 cm³/mol. The molecule has 1 saturated heterocycles. The molecule has 0 bridgehead atoms. The van der Waals surface area contributed by atoms with Crippen molar-refractivity contribution in [2.45, 2.75) is 168 Å². The van der Waals surface area contributed by atoms with Crippen LogP contribution in [0.3, 0.4) is 0 Å². The molecule has 3 aromatic carbocycles. The van der Waals surface area contributed by atoms with Crippen LogP contribution in [0.15, 0.2) is 91.0 Å².